The Bertz CT molecular complexity index is 452. The van der Waals surface area contributed by atoms with E-state index in [2.05, 4.69) is 0 Å². The van der Waals surface area contributed by atoms with Gasteiger partial charge in [-0.3, -0.25) is 0 Å². The van der Waals surface area contributed by atoms with E-state index in [1.165, 1.54) is 6.07 Å². The van der Waals surface area contributed by atoms with Crippen molar-refractivity contribution in [3.8, 4) is 5.75 Å². The zero-order valence-electron chi connectivity index (χ0n) is 9.21. The number of benzene rings is 1. The lowest BCUT2D eigenvalue weighted by atomic mass is 9.93. The van der Waals surface area contributed by atoms with Gasteiger partial charge in [-0.2, -0.15) is 0 Å². The van der Waals surface area contributed by atoms with Gasteiger partial charge in [0.25, 0.3) is 0 Å². The van der Waals surface area contributed by atoms with Gasteiger partial charge >= 0.3 is 5.97 Å². The molecule has 0 spiro atoms. The van der Waals surface area contributed by atoms with E-state index < -0.39 is 5.97 Å². The molecule has 86 valence electrons. The number of carbonyl (C=O) groups is 1. The van der Waals surface area contributed by atoms with Crippen molar-refractivity contribution in [1.82, 2.24) is 0 Å². The predicted octanol–water partition coefficient (Wildman–Crippen LogP) is 3.14. The Balaban J connectivity index is 2.56. The van der Waals surface area contributed by atoms with Crippen LogP contribution >= 0.6 is 11.6 Å². The summed E-state index contributed by atoms with van der Waals surface area (Å²) in [6.45, 7) is 3.91. The molecular weight excluding hydrogens is 228 g/mol. The zero-order chi connectivity index (χ0) is 11.9. The maximum atomic E-state index is 11.1. The minimum atomic E-state index is -1.00. The monoisotopic (exact) mass is 240 g/mol. The minimum absolute atomic E-state index is 0.148. The fourth-order valence-electron chi connectivity index (χ4n) is 1.88. The van der Waals surface area contributed by atoms with Crippen molar-refractivity contribution < 1.29 is 14.6 Å². The van der Waals surface area contributed by atoms with Crippen molar-refractivity contribution in [2.24, 2.45) is 0 Å². The van der Waals surface area contributed by atoms with Crippen LogP contribution in [-0.2, 0) is 6.42 Å². The van der Waals surface area contributed by atoms with E-state index in [1.807, 2.05) is 13.8 Å². The van der Waals surface area contributed by atoms with Gasteiger partial charge in [-0.25, -0.2) is 4.79 Å². The Morgan fingerprint density at radius 3 is 2.81 bits per heavy atom. The molecule has 0 fully saturated rings. The molecular formula is C12H13ClO3. The van der Waals surface area contributed by atoms with Gasteiger partial charge in [0.2, 0.25) is 0 Å². The van der Waals surface area contributed by atoms with Crippen molar-refractivity contribution in [3.63, 3.8) is 0 Å². The first-order valence-corrected chi connectivity index (χ1v) is 5.51. The molecule has 0 amide bonds. The molecule has 1 N–H and O–H groups in total. The van der Waals surface area contributed by atoms with Gasteiger partial charge in [0.05, 0.1) is 0 Å². The van der Waals surface area contributed by atoms with Crippen molar-refractivity contribution >= 4 is 17.6 Å². The van der Waals surface area contributed by atoms with E-state index in [-0.39, 0.29) is 11.2 Å². The molecule has 1 aromatic carbocycles. The maximum Gasteiger partial charge on any atom is 0.339 e. The Kier molecular flexibility index (Phi) is 2.58. The van der Waals surface area contributed by atoms with Crippen molar-refractivity contribution in [1.29, 1.82) is 0 Å². The number of rotatable bonds is 1. The second-order valence-corrected chi connectivity index (χ2v) is 5.04. The molecule has 4 heteroatoms. The highest BCUT2D eigenvalue weighted by molar-refractivity contribution is 6.31. The smallest absolute Gasteiger partial charge is 0.339 e. The molecule has 0 atom stereocenters. The molecule has 0 aliphatic carbocycles. The first-order chi connectivity index (χ1) is 7.39. The molecule has 1 heterocycles. The topological polar surface area (TPSA) is 46.5 Å². The first-order valence-electron chi connectivity index (χ1n) is 5.14. The molecule has 1 aliphatic rings. The minimum Gasteiger partial charge on any atom is -0.487 e. The fourth-order valence-corrected chi connectivity index (χ4v) is 2.12. The summed E-state index contributed by atoms with van der Waals surface area (Å²) in [6.07, 6.45) is 1.66. The molecule has 0 unspecified atom stereocenters. The molecule has 0 bridgehead atoms. The average molecular weight is 241 g/mol. The van der Waals surface area contributed by atoms with Crippen LogP contribution in [0.5, 0.6) is 5.75 Å². The summed E-state index contributed by atoms with van der Waals surface area (Å²) in [5.41, 5.74) is 0.713. The molecule has 0 aromatic heterocycles. The van der Waals surface area contributed by atoms with Crippen molar-refractivity contribution in [2.75, 3.05) is 0 Å². The number of aryl methyl sites for hydroxylation is 1. The van der Waals surface area contributed by atoms with Gasteiger partial charge in [0, 0.05) is 5.02 Å². The Morgan fingerprint density at radius 1 is 1.50 bits per heavy atom. The highest BCUT2D eigenvalue weighted by Gasteiger charge is 2.30. The van der Waals surface area contributed by atoms with E-state index in [0.29, 0.717) is 10.8 Å². The summed E-state index contributed by atoms with van der Waals surface area (Å²) in [5, 5.41) is 9.54. The third-order valence-corrected chi connectivity index (χ3v) is 2.95. The Morgan fingerprint density at radius 2 is 2.19 bits per heavy atom. The Hall–Kier alpha value is -1.22. The molecule has 0 radical (unpaired) electrons. The van der Waals surface area contributed by atoms with Crippen molar-refractivity contribution in [3.05, 3.63) is 28.3 Å². The number of carboxylic acids is 1. The number of hydrogen-bond donors (Lipinski definition) is 1. The van der Waals surface area contributed by atoms with Crippen LogP contribution in [-0.4, -0.2) is 16.7 Å². The van der Waals surface area contributed by atoms with Gasteiger partial charge < -0.3 is 9.84 Å². The number of aromatic carboxylic acids is 1. The normalized spacial score (nSPS) is 17.4. The van der Waals surface area contributed by atoms with Gasteiger partial charge in [-0.15, -0.1) is 0 Å². The van der Waals surface area contributed by atoms with Crippen LogP contribution in [0.1, 0.15) is 36.2 Å². The van der Waals surface area contributed by atoms with Crippen LogP contribution in [0.2, 0.25) is 5.02 Å². The first kappa shape index (κ1) is 11.3. The summed E-state index contributed by atoms with van der Waals surface area (Å²) in [4.78, 5) is 11.1. The molecule has 2 rings (SSSR count). The van der Waals surface area contributed by atoms with E-state index in [1.54, 1.807) is 6.07 Å². The second-order valence-electron chi connectivity index (χ2n) is 4.61. The summed E-state index contributed by atoms with van der Waals surface area (Å²) >= 11 is 5.88. The summed E-state index contributed by atoms with van der Waals surface area (Å²) in [7, 11) is 0. The lowest BCUT2D eigenvalue weighted by Crippen LogP contribution is -2.33. The number of fused-ring (bicyclic) bond motifs is 1. The quantitative estimate of drug-likeness (QED) is 0.820. The van der Waals surface area contributed by atoms with Crippen molar-refractivity contribution in [2.45, 2.75) is 32.3 Å². The van der Waals surface area contributed by atoms with Crippen LogP contribution in [0.25, 0.3) is 0 Å². The lowest BCUT2D eigenvalue weighted by molar-refractivity contribution is 0.0645. The molecule has 16 heavy (non-hydrogen) atoms. The highest BCUT2D eigenvalue weighted by Crippen LogP contribution is 2.37. The number of halogens is 1. The predicted molar refractivity (Wildman–Crippen MR) is 61.4 cm³/mol. The summed E-state index contributed by atoms with van der Waals surface area (Å²) in [6, 6.07) is 3.21. The van der Waals surface area contributed by atoms with E-state index in [4.69, 9.17) is 21.4 Å². The van der Waals surface area contributed by atoms with Crippen LogP contribution in [0.15, 0.2) is 12.1 Å². The average Bonchev–Trinajstić information content (AvgIpc) is 2.16. The summed E-state index contributed by atoms with van der Waals surface area (Å²) < 4.78 is 5.73. The van der Waals surface area contributed by atoms with Crippen LogP contribution < -0.4 is 4.74 Å². The Labute approximate surface area is 99.0 Å². The van der Waals surface area contributed by atoms with E-state index in [9.17, 15) is 4.79 Å². The van der Waals surface area contributed by atoms with E-state index in [0.717, 1.165) is 18.4 Å². The van der Waals surface area contributed by atoms with Gasteiger partial charge in [-0.1, -0.05) is 11.6 Å². The lowest BCUT2D eigenvalue weighted by Gasteiger charge is -2.33. The molecule has 1 aromatic rings. The van der Waals surface area contributed by atoms with Crippen LogP contribution in [0.4, 0.5) is 0 Å². The van der Waals surface area contributed by atoms with Gasteiger partial charge in [0.15, 0.2) is 0 Å². The molecule has 0 saturated carbocycles. The third kappa shape index (κ3) is 2.00. The van der Waals surface area contributed by atoms with Crippen LogP contribution in [0.3, 0.4) is 0 Å². The van der Waals surface area contributed by atoms with Crippen LogP contribution in [0, 0.1) is 0 Å². The molecule has 1 aliphatic heterocycles. The largest absolute Gasteiger partial charge is 0.487 e. The molecule has 0 saturated heterocycles. The standard InChI is InChI=1S/C12H13ClO3/c1-12(2)4-3-7-5-8(13)6-9(11(14)15)10(7)16-12/h5-6H,3-4H2,1-2H3,(H,14,15). The van der Waals surface area contributed by atoms with E-state index >= 15 is 0 Å². The molecule has 3 nitrogen and oxygen atoms in total. The number of hydrogen-bond acceptors (Lipinski definition) is 2. The second kappa shape index (κ2) is 3.67. The number of carboxylic acid groups (broad SMARTS) is 1. The van der Waals surface area contributed by atoms with Gasteiger partial charge in [0.1, 0.15) is 16.9 Å². The highest BCUT2D eigenvalue weighted by atomic mass is 35.5. The zero-order valence-corrected chi connectivity index (χ0v) is 9.97. The van der Waals surface area contributed by atoms with Gasteiger partial charge in [-0.05, 0) is 44.4 Å². The third-order valence-electron chi connectivity index (χ3n) is 2.74. The number of ether oxygens (including phenoxy) is 1. The fraction of sp³-hybridized carbons (Fsp3) is 0.417. The SMILES string of the molecule is CC1(C)CCc2cc(Cl)cc(C(=O)O)c2O1. The maximum absolute atomic E-state index is 11.1. The summed E-state index contributed by atoms with van der Waals surface area (Å²) in [5.74, 6) is -0.537.